The van der Waals surface area contributed by atoms with Gasteiger partial charge in [0, 0.05) is 12.4 Å². The van der Waals surface area contributed by atoms with Crippen LogP contribution in [0.1, 0.15) is 49.0 Å². The Morgan fingerprint density at radius 2 is 2.11 bits per heavy atom. The quantitative estimate of drug-likeness (QED) is 0.914. The molecule has 19 heavy (non-hydrogen) atoms. The molecule has 3 heterocycles. The summed E-state index contributed by atoms with van der Waals surface area (Å²) in [7, 11) is 0. The summed E-state index contributed by atoms with van der Waals surface area (Å²) in [6, 6.07) is 4.18. The van der Waals surface area contributed by atoms with Gasteiger partial charge in [-0.1, -0.05) is 18.0 Å². The lowest BCUT2D eigenvalue weighted by Crippen LogP contribution is -2.21. The fraction of sp³-hybridized carbons (Fsp3) is 0.500. The van der Waals surface area contributed by atoms with Crippen LogP contribution in [-0.4, -0.2) is 21.7 Å². The summed E-state index contributed by atoms with van der Waals surface area (Å²) >= 11 is 0. The SMILES string of the molecule is c1cc(Cc2nc(C3CCCCCN3)no2)ccn1. The van der Waals surface area contributed by atoms with Crippen LogP contribution in [0.5, 0.6) is 0 Å². The van der Waals surface area contributed by atoms with E-state index in [9.17, 15) is 0 Å². The standard InChI is InChI=1S/C14H18N4O/c1-2-4-12(16-7-3-1)14-17-13(19-18-14)10-11-5-8-15-9-6-11/h5-6,8-9,12,16H,1-4,7,10H2. The molecule has 100 valence electrons. The van der Waals surface area contributed by atoms with E-state index in [1.165, 1.54) is 19.3 Å². The lowest BCUT2D eigenvalue weighted by Gasteiger charge is -2.09. The largest absolute Gasteiger partial charge is 0.339 e. The first-order chi connectivity index (χ1) is 9.42. The van der Waals surface area contributed by atoms with Crippen molar-refractivity contribution in [2.75, 3.05) is 6.54 Å². The molecule has 1 atom stereocenters. The molecule has 1 aliphatic heterocycles. The van der Waals surface area contributed by atoms with Gasteiger partial charge in [-0.25, -0.2) is 0 Å². The molecule has 5 nitrogen and oxygen atoms in total. The normalized spacial score (nSPS) is 20.1. The van der Waals surface area contributed by atoms with Gasteiger partial charge in [0.25, 0.3) is 0 Å². The first-order valence-corrected chi connectivity index (χ1v) is 6.86. The third kappa shape index (κ3) is 3.17. The number of pyridine rings is 1. The molecule has 1 saturated heterocycles. The van der Waals surface area contributed by atoms with E-state index in [0.29, 0.717) is 12.3 Å². The lowest BCUT2D eigenvalue weighted by molar-refractivity contribution is 0.369. The van der Waals surface area contributed by atoms with Crippen molar-refractivity contribution in [3.63, 3.8) is 0 Å². The van der Waals surface area contributed by atoms with Gasteiger partial charge in [0.1, 0.15) is 0 Å². The van der Waals surface area contributed by atoms with E-state index in [-0.39, 0.29) is 6.04 Å². The van der Waals surface area contributed by atoms with E-state index in [1.807, 2.05) is 12.1 Å². The monoisotopic (exact) mass is 258 g/mol. The van der Waals surface area contributed by atoms with E-state index >= 15 is 0 Å². The van der Waals surface area contributed by atoms with E-state index in [2.05, 4.69) is 20.4 Å². The Labute approximate surface area is 112 Å². The number of hydrogen-bond donors (Lipinski definition) is 1. The smallest absolute Gasteiger partial charge is 0.231 e. The zero-order valence-electron chi connectivity index (χ0n) is 10.9. The maximum absolute atomic E-state index is 5.34. The predicted octanol–water partition coefficient (Wildman–Crippen LogP) is 2.26. The molecule has 2 aromatic rings. The predicted molar refractivity (Wildman–Crippen MR) is 70.6 cm³/mol. The van der Waals surface area contributed by atoms with Gasteiger partial charge < -0.3 is 9.84 Å². The van der Waals surface area contributed by atoms with Gasteiger partial charge in [-0.2, -0.15) is 4.98 Å². The van der Waals surface area contributed by atoms with Gasteiger partial charge in [-0.3, -0.25) is 4.98 Å². The second-order valence-corrected chi connectivity index (χ2v) is 4.93. The minimum absolute atomic E-state index is 0.248. The van der Waals surface area contributed by atoms with Crippen LogP contribution in [0.2, 0.25) is 0 Å². The molecule has 5 heteroatoms. The van der Waals surface area contributed by atoms with Gasteiger partial charge in [-0.05, 0) is 37.1 Å². The molecule has 0 saturated carbocycles. The fourth-order valence-corrected chi connectivity index (χ4v) is 2.41. The second kappa shape index (κ2) is 5.93. The number of nitrogens with zero attached hydrogens (tertiary/aromatic N) is 3. The van der Waals surface area contributed by atoms with Crippen molar-refractivity contribution in [2.45, 2.75) is 38.1 Å². The van der Waals surface area contributed by atoms with E-state index in [1.54, 1.807) is 12.4 Å². The zero-order valence-corrected chi connectivity index (χ0v) is 10.9. The molecular formula is C14H18N4O. The summed E-state index contributed by atoms with van der Waals surface area (Å²) in [5, 5.41) is 7.59. The van der Waals surface area contributed by atoms with Crippen molar-refractivity contribution in [1.29, 1.82) is 0 Å². The first-order valence-electron chi connectivity index (χ1n) is 6.86. The Balaban J connectivity index is 1.68. The van der Waals surface area contributed by atoms with Crippen LogP contribution < -0.4 is 5.32 Å². The van der Waals surface area contributed by atoms with Crippen LogP contribution in [0.3, 0.4) is 0 Å². The zero-order chi connectivity index (χ0) is 12.9. The van der Waals surface area contributed by atoms with Crippen molar-refractivity contribution in [1.82, 2.24) is 20.4 Å². The highest BCUT2D eigenvalue weighted by Gasteiger charge is 2.19. The maximum Gasteiger partial charge on any atom is 0.231 e. The summed E-state index contributed by atoms with van der Waals surface area (Å²) in [5.74, 6) is 1.47. The molecule has 1 N–H and O–H groups in total. The van der Waals surface area contributed by atoms with Crippen LogP contribution in [-0.2, 0) is 6.42 Å². The average molecular weight is 258 g/mol. The van der Waals surface area contributed by atoms with E-state index in [0.717, 1.165) is 24.4 Å². The average Bonchev–Trinajstić information content (AvgIpc) is 2.74. The summed E-state index contributed by atoms with van der Waals surface area (Å²) < 4.78 is 5.34. The van der Waals surface area contributed by atoms with Crippen molar-refractivity contribution in [3.05, 3.63) is 41.8 Å². The van der Waals surface area contributed by atoms with Crippen LogP contribution in [0.15, 0.2) is 29.0 Å². The Morgan fingerprint density at radius 3 is 3.00 bits per heavy atom. The number of nitrogens with one attached hydrogen (secondary N) is 1. The molecule has 1 fully saturated rings. The Hall–Kier alpha value is -1.75. The van der Waals surface area contributed by atoms with Crippen LogP contribution in [0.25, 0.3) is 0 Å². The minimum Gasteiger partial charge on any atom is -0.339 e. The van der Waals surface area contributed by atoms with E-state index in [4.69, 9.17) is 4.52 Å². The van der Waals surface area contributed by atoms with Gasteiger partial charge in [0.15, 0.2) is 5.82 Å². The summed E-state index contributed by atoms with van der Waals surface area (Å²) in [6.45, 7) is 1.04. The molecule has 1 aliphatic rings. The third-order valence-corrected chi connectivity index (χ3v) is 3.46. The Kier molecular flexibility index (Phi) is 3.83. The first kappa shape index (κ1) is 12.3. The topological polar surface area (TPSA) is 63.8 Å². The van der Waals surface area contributed by atoms with Gasteiger partial charge >= 0.3 is 0 Å². The van der Waals surface area contributed by atoms with Crippen molar-refractivity contribution >= 4 is 0 Å². The van der Waals surface area contributed by atoms with Crippen LogP contribution in [0.4, 0.5) is 0 Å². The molecule has 0 aromatic carbocycles. The molecule has 0 bridgehead atoms. The van der Waals surface area contributed by atoms with E-state index < -0.39 is 0 Å². The van der Waals surface area contributed by atoms with Gasteiger partial charge in [0.05, 0.1) is 12.5 Å². The summed E-state index contributed by atoms with van der Waals surface area (Å²) in [6.07, 6.45) is 9.06. The van der Waals surface area contributed by atoms with Crippen molar-refractivity contribution < 1.29 is 4.52 Å². The van der Waals surface area contributed by atoms with Crippen LogP contribution >= 0.6 is 0 Å². The number of hydrogen-bond acceptors (Lipinski definition) is 5. The second-order valence-electron chi connectivity index (χ2n) is 4.93. The Bertz CT molecular complexity index is 503. The third-order valence-electron chi connectivity index (χ3n) is 3.46. The molecule has 2 aromatic heterocycles. The molecule has 0 amide bonds. The number of aromatic nitrogens is 3. The molecule has 1 unspecified atom stereocenters. The van der Waals surface area contributed by atoms with Crippen molar-refractivity contribution in [3.8, 4) is 0 Å². The molecule has 0 spiro atoms. The number of rotatable bonds is 3. The summed E-state index contributed by atoms with van der Waals surface area (Å²) in [5.41, 5.74) is 1.14. The minimum atomic E-state index is 0.248. The summed E-state index contributed by atoms with van der Waals surface area (Å²) in [4.78, 5) is 8.51. The van der Waals surface area contributed by atoms with Crippen LogP contribution in [0, 0.1) is 0 Å². The van der Waals surface area contributed by atoms with Crippen molar-refractivity contribution in [2.24, 2.45) is 0 Å². The van der Waals surface area contributed by atoms with Gasteiger partial charge in [-0.15, -0.1) is 0 Å². The highest BCUT2D eigenvalue weighted by molar-refractivity contribution is 5.14. The Morgan fingerprint density at radius 1 is 1.21 bits per heavy atom. The molecule has 0 radical (unpaired) electrons. The van der Waals surface area contributed by atoms with Gasteiger partial charge in [0.2, 0.25) is 5.89 Å². The lowest BCUT2D eigenvalue weighted by atomic mass is 10.1. The molecule has 3 rings (SSSR count). The maximum atomic E-state index is 5.34. The molecule has 0 aliphatic carbocycles. The highest BCUT2D eigenvalue weighted by Crippen LogP contribution is 2.20. The fourth-order valence-electron chi connectivity index (χ4n) is 2.41. The highest BCUT2D eigenvalue weighted by atomic mass is 16.5. The molecular weight excluding hydrogens is 240 g/mol.